The van der Waals surface area contributed by atoms with Gasteiger partial charge in [0.25, 0.3) is 0 Å². The average Bonchev–Trinajstić information content (AvgIpc) is 2.86. The lowest BCUT2D eigenvalue weighted by Gasteiger charge is -2.33. The molecule has 1 N–H and O–H groups in total. The van der Waals surface area contributed by atoms with Crippen molar-refractivity contribution >= 4 is 50.1 Å². The number of carbonyl (C=O) groups excluding carboxylic acids is 2. The van der Waals surface area contributed by atoms with Gasteiger partial charge in [-0.15, -0.1) is 0 Å². The summed E-state index contributed by atoms with van der Waals surface area (Å²) in [7, 11) is -3.77. The van der Waals surface area contributed by atoms with Crippen molar-refractivity contribution in [1.82, 2.24) is 10.2 Å². The van der Waals surface area contributed by atoms with Gasteiger partial charge < -0.3 is 10.2 Å². The Balaban J connectivity index is 2.02. The highest BCUT2D eigenvalue weighted by molar-refractivity contribution is 14.1. The number of hydrogen-bond donors (Lipinski definition) is 1. The first kappa shape index (κ1) is 28.6. The number of benzene rings is 3. The maximum atomic E-state index is 13.9. The molecule has 3 aromatic carbocycles. The van der Waals surface area contributed by atoms with Crippen LogP contribution in [0.4, 0.5) is 5.69 Å². The second-order valence-corrected chi connectivity index (χ2v) is 12.0. The number of rotatable bonds is 11. The van der Waals surface area contributed by atoms with Crippen molar-refractivity contribution in [3.63, 3.8) is 0 Å². The highest BCUT2D eigenvalue weighted by Gasteiger charge is 2.32. The lowest BCUT2D eigenvalue weighted by atomic mass is 10.0. The molecule has 0 saturated heterocycles. The van der Waals surface area contributed by atoms with E-state index >= 15 is 0 Å². The van der Waals surface area contributed by atoms with Gasteiger partial charge in [-0.1, -0.05) is 60.2 Å². The van der Waals surface area contributed by atoms with Crippen molar-refractivity contribution in [2.75, 3.05) is 23.7 Å². The summed E-state index contributed by atoms with van der Waals surface area (Å²) >= 11 is 2.14. The van der Waals surface area contributed by atoms with Crippen LogP contribution in [0.1, 0.15) is 23.6 Å². The molecular formula is C28H32IN3O4S. The van der Waals surface area contributed by atoms with Crippen LogP contribution in [0.2, 0.25) is 0 Å². The van der Waals surface area contributed by atoms with Gasteiger partial charge in [0.1, 0.15) is 12.6 Å². The van der Waals surface area contributed by atoms with Crippen LogP contribution in [-0.4, -0.2) is 50.5 Å². The van der Waals surface area contributed by atoms with E-state index in [1.807, 2.05) is 68.4 Å². The molecule has 0 aliphatic rings. The van der Waals surface area contributed by atoms with E-state index in [1.54, 1.807) is 24.3 Å². The summed E-state index contributed by atoms with van der Waals surface area (Å²) in [6.45, 7) is 3.96. The molecule has 0 heterocycles. The van der Waals surface area contributed by atoms with Gasteiger partial charge in [-0.2, -0.15) is 0 Å². The number of halogens is 1. The van der Waals surface area contributed by atoms with E-state index in [0.29, 0.717) is 18.7 Å². The largest absolute Gasteiger partial charge is 0.355 e. The second-order valence-electron chi connectivity index (χ2n) is 8.85. The summed E-state index contributed by atoms with van der Waals surface area (Å²) in [6.07, 6.45) is 1.38. The van der Waals surface area contributed by atoms with Crippen LogP contribution in [0.25, 0.3) is 0 Å². The fraction of sp³-hybridized carbons (Fsp3) is 0.286. The van der Waals surface area contributed by atoms with Crippen LogP contribution >= 0.6 is 22.6 Å². The molecule has 0 radical (unpaired) electrons. The zero-order valence-corrected chi connectivity index (χ0v) is 24.2. The first-order chi connectivity index (χ1) is 17.6. The van der Waals surface area contributed by atoms with E-state index in [9.17, 15) is 18.0 Å². The summed E-state index contributed by atoms with van der Waals surface area (Å²) in [6, 6.07) is 23.3. The molecule has 37 heavy (non-hydrogen) atoms. The van der Waals surface area contributed by atoms with Crippen LogP contribution in [0.15, 0.2) is 78.9 Å². The minimum atomic E-state index is -3.77. The van der Waals surface area contributed by atoms with Gasteiger partial charge in [-0.05, 0) is 71.8 Å². The molecule has 0 bridgehead atoms. The molecule has 1 atom stereocenters. The van der Waals surface area contributed by atoms with Gasteiger partial charge >= 0.3 is 0 Å². The Labute approximate surface area is 233 Å². The number of hydrogen-bond acceptors (Lipinski definition) is 4. The fourth-order valence-electron chi connectivity index (χ4n) is 3.96. The Kier molecular flexibility index (Phi) is 10.1. The third kappa shape index (κ3) is 8.29. The molecule has 0 fully saturated rings. The summed E-state index contributed by atoms with van der Waals surface area (Å²) in [4.78, 5) is 28.7. The van der Waals surface area contributed by atoms with Gasteiger partial charge in [0.05, 0.1) is 11.9 Å². The number of nitrogens with zero attached hydrogens (tertiary/aromatic N) is 2. The summed E-state index contributed by atoms with van der Waals surface area (Å²) in [5.74, 6) is -0.747. The number of sulfonamides is 1. The van der Waals surface area contributed by atoms with Crippen LogP contribution in [0, 0.1) is 10.5 Å². The third-order valence-corrected chi connectivity index (χ3v) is 7.75. The molecule has 3 aromatic rings. The van der Waals surface area contributed by atoms with Crippen LogP contribution < -0.4 is 9.62 Å². The van der Waals surface area contributed by atoms with Gasteiger partial charge in [0, 0.05) is 23.1 Å². The lowest BCUT2D eigenvalue weighted by molar-refractivity contribution is -0.140. The monoisotopic (exact) mass is 633 g/mol. The Morgan fingerprint density at radius 2 is 1.54 bits per heavy atom. The van der Waals surface area contributed by atoms with Crippen LogP contribution in [0.5, 0.6) is 0 Å². The first-order valence-electron chi connectivity index (χ1n) is 12.0. The smallest absolute Gasteiger partial charge is 0.244 e. The van der Waals surface area contributed by atoms with E-state index in [-0.39, 0.29) is 12.5 Å². The topological polar surface area (TPSA) is 86.8 Å². The number of likely N-dealkylation sites (N-methyl/N-ethyl adjacent to an activating group) is 1. The molecule has 0 aliphatic heterocycles. The number of nitrogens with one attached hydrogen (secondary N) is 1. The van der Waals surface area contributed by atoms with Crippen molar-refractivity contribution in [1.29, 1.82) is 0 Å². The van der Waals surface area contributed by atoms with Crippen molar-refractivity contribution in [2.45, 2.75) is 32.9 Å². The highest BCUT2D eigenvalue weighted by Crippen LogP contribution is 2.21. The Morgan fingerprint density at radius 3 is 2.11 bits per heavy atom. The zero-order chi connectivity index (χ0) is 27.0. The van der Waals surface area contributed by atoms with E-state index < -0.39 is 28.5 Å². The Hall–Kier alpha value is -2.92. The normalized spacial score (nSPS) is 12.0. The van der Waals surface area contributed by atoms with Crippen LogP contribution in [0.3, 0.4) is 0 Å². The first-order valence-corrected chi connectivity index (χ1v) is 14.9. The summed E-state index contributed by atoms with van der Waals surface area (Å²) < 4.78 is 27.5. The van der Waals surface area contributed by atoms with Gasteiger partial charge in [0.15, 0.2) is 0 Å². The predicted octanol–water partition coefficient (Wildman–Crippen LogP) is 4.14. The fourth-order valence-corrected chi connectivity index (χ4v) is 5.17. The predicted molar refractivity (Wildman–Crippen MR) is 156 cm³/mol. The zero-order valence-electron chi connectivity index (χ0n) is 21.2. The lowest BCUT2D eigenvalue weighted by Crippen LogP contribution is -2.53. The molecule has 2 amide bonds. The van der Waals surface area contributed by atoms with E-state index in [2.05, 4.69) is 27.9 Å². The molecule has 9 heteroatoms. The molecule has 0 saturated carbocycles. The summed E-state index contributed by atoms with van der Waals surface area (Å²) in [5, 5.41) is 2.85. The Morgan fingerprint density at radius 1 is 0.919 bits per heavy atom. The Bertz CT molecular complexity index is 1300. The maximum Gasteiger partial charge on any atom is 0.244 e. The van der Waals surface area contributed by atoms with E-state index in [1.165, 1.54) is 4.90 Å². The quantitative estimate of drug-likeness (QED) is 0.322. The van der Waals surface area contributed by atoms with Crippen molar-refractivity contribution in [2.24, 2.45) is 0 Å². The highest BCUT2D eigenvalue weighted by atomic mass is 127. The molecule has 0 aromatic heterocycles. The van der Waals surface area contributed by atoms with E-state index in [4.69, 9.17) is 0 Å². The molecule has 196 valence electrons. The van der Waals surface area contributed by atoms with Crippen LogP contribution in [-0.2, 0) is 32.6 Å². The maximum absolute atomic E-state index is 13.9. The van der Waals surface area contributed by atoms with Gasteiger partial charge in [-0.3, -0.25) is 13.9 Å². The van der Waals surface area contributed by atoms with Crippen molar-refractivity contribution < 1.29 is 18.0 Å². The molecular weight excluding hydrogens is 601 g/mol. The van der Waals surface area contributed by atoms with Gasteiger partial charge in [-0.25, -0.2) is 8.42 Å². The molecule has 0 spiro atoms. The van der Waals surface area contributed by atoms with Gasteiger partial charge in [0.2, 0.25) is 21.8 Å². The second kappa shape index (κ2) is 13.0. The minimum Gasteiger partial charge on any atom is -0.355 e. The number of aryl methyl sites for hydroxylation is 1. The van der Waals surface area contributed by atoms with E-state index in [0.717, 1.165) is 30.8 Å². The molecule has 1 unspecified atom stereocenters. The standard InChI is InChI=1S/C28H32IN3O4S/c1-4-30-28(34)26(18-22-8-6-5-7-9-22)31(19-23-12-10-21(2)11-13-23)27(33)20-32(37(3,35)36)25-16-14-24(29)15-17-25/h5-17,26H,4,18-20H2,1-3H3,(H,30,34). The molecule has 7 nitrogen and oxygen atoms in total. The molecule has 0 aliphatic carbocycles. The SMILES string of the molecule is CCNC(=O)C(Cc1ccccc1)N(Cc1ccc(C)cc1)C(=O)CN(c1ccc(I)cc1)S(C)(=O)=O. The minimum absolute atomic E-state index is 0.165. The average molecular weight is 634 g/mol. The van der Waals surface area contributed by atoms with Crippen molar-refractivity contribution in [3.05, 3.63) is 99.1 Å². The third-order valence-electron chi connectivity index (χ3n) is 5.89. The number of anilines is 1. The molecule has 3 rings (SSSR count). The summed E-state index contributed by atoms with van der Waals surface area (Å²) in [5.41, 5.74) is 3.22. The van der Waals surface area contributed by atoms with Crippen molar-refractivity contribution in [3.8, 4) is 0 Å². The number of carbonyl (C=O) groups is 2. The number of amides is 2.